The van der Waals surface area contributed by atoms with Gasteiger partial charge in [0.15, 0.2) is 0 Å². The van der Waals surface area contributed by atoms with Gasteiger partial charge in [-0.25, -0.2) is 0 Å². The van der Waals surface area contributed by atoms with Gasteiger partial charge >= 0.3 is 0 Å². The van der Waals surface area contributed by atoms with E-state index in [1.807, 2.05) is 24.3 Å². The number of nitrogens with zero attached hydrogens (tertiary/aromatic N) is 4. The number of likely N-dealkylation sites (tertiary alicyclic amines) is 1. The summed E-state index contributed by atoms with van der Waals surface area (Å²) in [5.41, 5.74) is 0.755. The van der Waals surface area contributed by atoms with E-state index in [-0.39, 0.29) is 30.3 Å². The molecule has 8 heteroatoms. The van der Waals surface area contributed by atoms with Gasteiger partial charge in [0.05, 0.1) is 19.6 Å². The predicted octanol–water partition coefficient (Wildman–Crippen LogP) is 1.52. The van der Waals surface area contributed by atoms with Crippen molar-refractivity contribution in [3.63, 3.8) is 0 Å². The van der Waals surface area contributed by atoms with Crippen LogP contribution in [0.1, 0.15) is 12.8 Å². The van der Waals surface area contributed by atoms with Gasteiger partial charge in [0, 0.05) is 49.9 Å². The molecular weight excluding hydrogens is 360 g/mol. The van der Waals surface area contributed by atoms with Crippen molar-refractivity contribution in [3.8, 4) is 11.6 Å². The van der Waals surface area contributed by atoms with E-state index in [4.69, 9.17) is 9.47 Å². The zero-order valence-electron chi connectivity index (χ0n) is 15.7. The highest BCUT2D eigenvalue weighted by Gasteiger charge is 2.39. The van der Waals surface area contributed by atoms with Crippen LogP contribution in [0.2, 0.25) is 0 Å². The minimum Gasteiger partial charge on any atom is -0.497 e. The van der Waals surface area contributed by atoms with Crippen LogP contribution in [0.3, 0.4) is 0 Å². The van der Waals surface area contributed by atoms with E-state index >= 15 is 0 Å². The molecule has 2 atom stereocenters. The standard InChI is InChI=1S/C20H22N4O4/c1-27-16-5-2-4-15(11-16)24-12-14(10-19(24)25)20(26)23-9-7-17(13-23)28-18-6-3-8-21-22-18/h2-6,8,11,14,17H,7,9-10,12-13H2,1H3/t14-,17+/m0/s1. The number of aromatic nitrogens is 2. The molecule has 0 radical (unpaired) electrons. The molecule has 0 bridgehead atoms. The molecule has 2 fully saturated rings. The fourth-order valence-electron chi connectivity index (χ4n) is 3.70. The van der Waals surface area contributed by atoms with E-state index in [1.54, 1.807) is 35.2 Å². The summed E-state index contributed by atoms with van der Waals surface area (Å²) in [7, 11) is 1.59. The Morgan fingerprint density at radius 1 is 1.21 bits per heavy atom. The first-order valence-electron chi connectivity index (χ1n) is 9.31. The van der Waals surface area contributed by atoms with E-state index in [0.29, 0.717) is 31.3 Å². The maximum atomic E-state index is 12.9. The zero-order chi connectivity index (χ0) is 19.5. The second-order valence-electron chi connectivity index (χ2n) is 6.98. The third-order valence-electron chi connectivity index (χ3n) is 5.13. The molecule has 0 N–H and O–H groups in total. The molecule has 2 aliphatic rings. The monoisotopic (exact) mass is 382 g/mol. The summed E-state index contributed by atoms with van der Waals surface area (Å²) < 4.78 is 11.0. The lowest BCUT2D eigenvalue weighted by molar-refractivity contribution is -0.135. The number of ether oxygens (including phenoxy) is 2. The average Bonchev–Trinajstić information content (AvgIpc) is 3.35. The lowest BCUT2D eigenvalue weighted by Crippen LogP contribution is -2.37. The highest BCUT2D eigenvalue weighted by molar-refractivity contribution is 6.00. The quantitative estimate of drug-likeness (QED) is 0.780. The number of carbonyl (C=O) groups excluding carboxylic acids is 2. The average molecular weight is 382 g/mol. The first kappa shape index (κ1) is 18.2. The summed E-state index contributed by atoms with van der Waals surface area (Å²) in [6.45, 7) is 1.50. The van der Waals surface area contributed by atoms with Gasteiger partial charge in [-0.2, -0.15) is 5.10 Å². The van der Waals surface area contributed by atoms with Crippen molar-refractivity contribution in [2.45, 2.75) is 18.9 Å². The van der Waals surface area contributed by atoms with E-state index in [0.717, 1.165) is 12.1 Å². The van der Waals surface area contributed by atoms with Gasteiger partial charge in [-0.05, 0) is 18.2 Å². The molecule has 4 rings (SSSR count). The van der Waals surface area contributed by atoms with E-state index in [2.05, 4.69) is 10.2 Å². The van der Waals surface area contributed by atoms with Gasteiger partial charge in [-0.3, -0.25) is 9.59 Å². The van der Waals surface area contributed by atoms with Crippen molar-refractivity contribution >= 4 is 17.5 Å². The summed E-state index contributed by atoms with van der Waals surface area (Å²) in [5.74, 6) is 0.766. The van der Waals surface area contributed by atoms with E-state index < -0.39 is 0 Å². The van der Waals surface area contributed by atoms with Crippen LogP contribution in [0.15, 0.2) is 42.6 Å². The number of carbonyl (C=O) groups is 2. The number of methoxy groups -OCH3 is 1. The lowest BCUT2D eigenvalue weighted by Gasteiger charge is -2.21. The Hall–Kier alpha value is -3.16. The number of anilines is 1. The largest absolute Gasteiger partial charge is 0.497 e. The van der Waals surface area contributed by atoms with Crippen molar-refractivity contribution in [2.75, 3.05) is 31.6 Å². The molecule has 1 aromatic carbocycles. The minimum absolute atomic E-state index is 0.00370. The molecular formula is C20H22N4O4. The fourth-order valence-corrected chi connectivity index (χ4v) is 3.70. The van der Waals surface area contributed by atoms with Crippen LogP contribution in [-0.2, 0) is 9.59 Å². The summed E-state index contributed by atoms with van der Waals surface area (Å²) in [6.07, 6.45) is 2.44. The second-order valence-corrected chi connectivity index (χ2v) is 6.98. The summed E-state index contributed by atoms with van der Waals surface area (Å²) >= 11 is 0. The molecule has 2 aromatic rings. The van der Waals surface area contributed by atoms with Crippen LogP contribution in [0.25, 0.3) is 0 Å². The van der Waals surface area contributed by atoms with Gasteiger partial charge in [0.1, 0.15) is 11.9 Å². The fraction of sp³-hybridized carbons (Fsp3) is 0.400. The minimum atomic E-state index is -0.339. The highest BCUT2D eigenvalue weighted by Crippen LogP contribution is 2.29. The number of hydrogen-bond donors (Lipinski definition) is 0. The Kier molecular flexibility index (Phi) is 5.10. The van der Waals surface area contributed by atoms with Crippen LogP contribution in [0.4, 0.5) is 5.69 Å². The summed E-state index contributed by atoms with van der Waals surface area (Å²) in [6, 6.07) is 10.8. The molecule has 2 aliphatic heterocycles. The molecule has 8 nitrogen and oxygen atoms in total. The Bertz CT molecular complexity index is 860. The SMILES string of the molecule is COc1cccc(N2C[C@@H](C(=O)N3CC[C@@H](Oc4cccnn4)C3)CC2=O)c1. The van der Waals surface area contributed by atoms with Gasteiger partial charge < -0.3 is 19.3 Å². The molecule has 0 unspecified atom stereocenters. The van der Waals surface area contributed by atoms with Crippen LogP contribution in [0, 0.1) is 5.92 Å². The third-order valence-corrected chi connectivity index (χ3v) is 5.13. The lowest BCUT2D eigenvalue weighted by atomic mass is 10.1. The highest BCUT2D eigenvalue weighted by atomic mass is 16.5. The maximum Gasteiger partial charge on any atom is 0.233 e. The number of rotatable bonds is 5. The molecule has 0 saturated carbocycles. The number of hydrogen-bond acceptors (Lipinski definition) is 6. The van der Waals surface area contributed by atoms with Crippen LogP contribution in [0.5, 0.6) is 11.6 Å². The van der Waals surface area contributed by atoms with Gasteiger partial charge in [-0.1, -0.05) is 6.07 Å². The zero-order valence-corrected chi connectivity index (χ0v) is 15.7. The first-order chi connectivity index (χ1) is 13.6. The van der Waals surface area contributed by atoms with Crippen molar-refractivity contribution in [1.29, 1.82) is 0 Å². The predicted molar refractivity (Wildman–Crippen MR) is 101 cm³/mol. The Labute approximate surface area is 163 Å². The second kappa shape index (κ2) is 7.84. The molecule has 2 saturated heterocycles. The topological polar surface area (TPSA) is 84.9 Å². The van der Waals surface area contributed by atoms with E-state index in [9.17, 15) is 9.59 Å². The van der Waals surface area contributed by atoms with Crippen molar-refractivity contribution in [1.82, 2.24) is 15.1 Å². The van der Waals surface area contributed by atoms with Gasteiger partial charge in [0.2, 0.25) is 17.7 Å². The van der Waals surface area contributed by atoms with Crippen molar-refractivity contribution < 1.29 is 19.1 Å². The van der Waals surface area contributed by atoms with Gasteiger partial charge in [0.25, 0.3) is 0 Å². The molecule has 28 heavy (non-hydrogen) atoms. The van der Waals surface area contributed by atoms with Crippen LogP contribution < -0.4 is 14.4 Å². The van der Waals surface area contributed by atoms with Gasteiger partial charge in [-0.15, -0.1) is 5.10 Å². The third kappa shape index (κ3) is 3.76. The summed E-state index contributed by atoms with van der Waals surface area (Å²) in [4.78, 5) is 28.9. The molecule has 146 valence electrons. The Morgan fingerprint density at radius 2 is 2.11 bits per heavy atom. The first-order valence-corrected chi connectivity index (χ1v) is 9.31. The normalized spacial score (nSPS) is 21.8. The summed E-state index contributed by atoms with van der Waals surface area (Å²) in [5, 5.41) is 7.71. The van der Waals surface area contributed by atoms with Crippen LogP contribution >= 0.6 is 0 Å². The molecule has 3 heterocycles. The molecule has 2 amide bonds. The van der Waals surface area contributed by atoms with Crippen LogP contribution in [-0.4, -0.2) is 59.8 Å². The maximum absolute atomic E-state index is 12.9. The number of benzene rings is 1. The molecule has 0 aliphatic carbocycles. The Balaban J connectivity index is 1.37. The molecule has 0 spiro atoms. The molecule has 1 aromatic heterocycles. The van der Waals surface area contributed by atoms with Crippen molar-refractivity contribution in [3.05, 3.63) is 42.6 Å². The number of amides is 2. The van der Waals surface area contributed by atoms with E-state index in [1.165, 1.54) is 0 Å². The smallest absolute Gasteiger partial charge is 0.233 e. The van der Waals surface area contributed by atoms with Crippen molar-refractivity contribution in [2.24, 2.45) is 5.92 Å². The Morgan fingerprint density at radius 3 is 2.89 bits per heavy atom.